The van der Waals surface area contributed by atoms with Crippen molar-refractivity contribution >= 4 is 40.6 Å². The largest absolute Gasteiger partial charge is 0.790 e. The van der Waals surface area contributed by atoms with E-state index in [1.807, 2.05) is 0 Å². The molecule has 0 saturated heterocycles. The number of imidazole rings is 1. The lowest BCUT2D eigenvalue weighted by Gasteiger charge is -2.37. The van der Waals surface area contributed by atoms with E-state index in [4.69, 9.17) is 5.73 Å². The average molecular weight is 475 g/mol. The minimum absolute atomic E-state index is 0.0253. The van der Waals surface area contributed by atoms with E-state index in [9.17, 15) is 43.2 Å². The zero-order valence-electron chi connectivity index (χ0n) is 14.0. The van der Waals surface area contributed by atoms with Gasteiger partial charge in [0.15, 0.2) is 11.2 Å². The second kappa shape index (κ2) is 8.71. The highest BCUT2D eigenvalue weighted by molar-refractivity contribution is 7.64. The number of fused-ring (bicyclic) bond motifs is 1. The first-order chi connectivity index (χ1) is 13.2. The van der Waals surface area contributed by atoms with Crippen molar-refractivity contribution in [1.29, 1.82) is 0 Å². The summed E-state index contributed by atoms with van der Waals surface area (Å²) in [6, 6.07) is 0. The average Bonchev–Trinajstić information content (AvgIpc) is 2.90. The molecular weight excluding hydrogens is 463 g/mol. The van der Waals surface area contributed by atoms with Gasteiger partial charge < -0.3 is 44.1 Å². The van der Waals surface area contributed by atoms with Crippen molar-refractivity contribution in [2.24, 2.45) is 0 Å². The Balaban J connectivity index is 1.92. The summed E-state index contributed by atoms with van der Waals surface area (Å²) < 4.78 is 44.4. The summed E-state index contributed by atoms with van der Waals surface area (Å²) in [4.78, 5) is 64.4. The smallest absolute Gasteiger partial charge is 0.280 e. The summed E-state index contributed by atoms with van der Waals surface area (Å²) in [5.74, 6) is -0.178. The minimum atomic E-state index is -6.09. The van der Waals surface area contributed by atoms with Crippen LogP contribution < -0.4 is 30.9 Å². The number of anilines is 1. The van der Waals surface area contributed by atoms with Crippen molar-refractivity contribution in [3.8, 4) is 0 Å². The quantitative estimate of drug-likeness (QED) is 0.278. The van der Waals surface area contributed by atoms with Gasteiger partial charge in [-0.25, -0.2) is 9.29 Å². The number of nitrogens with two attached hydrogens (primary N) is 1. The summed E-state index contributed by atoms with van der Waals surface area (Å²) >= 11 is 0. The van der Waals surface area contributed by atoms with Gasteiger partial charge in [-0.15, -0.1) is 0 Å². The summed E-state index contributed by atoms with van der Waals surface area (Å²) in [5, 5.41) is 9.77. The third kappa shape index (κ3) is 7.37. The first kappa shape index (κ1) is 23.8. The number of H-pyrrole nitrogens is 1. The Hall–Kier alpha value is -1.48. The first-order valence-electron chi connectivity index (χ1n) is 7.27. The van der Waals surface area contributed by atoms with Gasteiger partial charge in [-0.2, -0.15) is 4.98 Å². The van der Waals surface area contributed by atoms with Crippen LogP contribution in [0.15, 0.2) is 11.1 Å². The van der Waals surface area contributed by atoms with Gasteiger partial charge in [0.1, 0.15) is 0 Å². The Labute approximate surface area is 160 Å². The monoisotopic (exact) mass is 475 g/mol. The van der Waals surface area contributed by atoms with Gasteiger partial charge in [0.05, 0.1) is 26.9 Å². The molecule has 0 amide bonds. The van der Waals surface area contributed by atoms with Gasteiger partial charge in [-0.05, 0) is 6.42 Å². The number of aromatic amines is 1. The van der Waals surface area contributed by atoms with Crippen LogP contribution in [0.2, 0.25) is 0 Å². The van der Waals surface area contributed by atoms with Crippen LogP contribution in [-0.2, 0) is 33.4 Å². The SMILES string of the molecule is Nc1nc2c(ncn2CCC(O)COP(=O)([O-])OP(=O)([O-])OP(=O)([O-])[O-])c(=O)[nH]1. The number of nitrogens with one attached hydrogen (secondary N) is 1. The fourth-order valence-electron chi connectivity index (χ4n) is 1.97. The van der Waals surface area contributed by atoms with Gasteiger partial charge in [-0.3, -0.25) is 23.2 Å². The molecule has 3 atom stereocenters. The molecule has 164 valence electrons. The number of aliphatic hydroxyl groups is 1. The highest BCUT2D eigenvalue weighted by Crippen LogP contribution is 2.60. The van der Waals surface area contributed by atoms with E-state index in [1.54, 1.807) is 0 Å². The highest BCUT2D eigenvalue weighted by Gasteiger charge is 2.22. The molecule has 2 aromatic rings. The number of aliphatic hydroxyl groups excluding tert-OH is 1. The lowest BCUT2D eigenvalue weighted by atomic mass is 10.3. The molecule has 0 aliphatic rings. The third-order valence-corrected chi connectivity index (χ3v) is 6.69. The van der Waals surface area contributed by atoms with Gasteiger partial charge in [-0.1, -0.05) is 0 Å². The van der Waals surface area contributed by atoms with Crippen molar-refractivity contribution in [3.05, 3.63) is 16.7 Å². The third-order valence-electron chi connectivity index (χ3n) is 3.02. The standard InChI is InChI=1S/C9H16N5O12P3/c10-9-12-7-6(8(16)13-9)11-4-14(7)2-1-5(15)3-24-28(20,21)26-29(22,23)25-27(17,18)19/h4-5,15H,1-3H2,(H,20,21)(H,22,23)(H2,17,18,19)(H3,10,12,13,16)/p-4. The van der Waals surface area contributed by atoms with Crippen molar-refractivity contribution in [2.75, 3.05) is 12.3 Å². The number of rotatable bonds is 10. The van der Waals surface area contributed by atoms with E-state index in [-0.39, 0.29) is 30.1 Å². The molecule has 0 aliphatic heterocycles. The number of phosphoric ester groups is 1. The molecule has 0 radical (unpaired) electrons. The summed E-state index contributed by atoms with van der Waals surface area (Å²) in [7, 11) is -17.9. The number of nitrogen functional groups attached to an aromatic ring is 1. The van der Waals surface area contributed by atoms with Gasteiger partial charge >= 0.3 is 0 Å². The predicted molar refractivity (Wildman–Crippen MR) is 84.1 cm³/mol. The van der Waals surface area contributed by atoms with Crippen LogP contribution in [0.1, 0.15) is 6.42 Å². The van der Waals surface area contributed by atoms with E-state index < -0.39 is 41.7 Å². The Morgan fingerprint density at radius 3 is 2.48 bits per heavy atom. The second-order valence-corrected chi connectivity index (χ2v) is 9.55. The lowest BCUT2D eigenvalue weighted by molar-refractivity contribution is -0.339. The van der Waals surface area contributed by atoms with Gasteiger partial charge in [0, 0.05) is 6.54 Å². The summed E-state index contributed by atoms with van der Waals surface area (Å²) in [6.45, 7) is -1.02. The molecule has 0 spiro atoms. The zero-order chi connectivity index (χ0) is 22.0. The maximum Gasteiger partial charge on any atom is 0.280 e. The molecule has 29 heavy (non-hydrogen) atoms. The van der Waals surface area contributed by atoms with Crippen LogP contribution in [-0.4, -0.2) is 37.3 Å². The molecule has 0 aromatic carbocycles. The minimum Gasteiger partial charge on any atom is -0.790 e. The summed E-state index contributed by atoms with van der Waals surface area (Å²) in [6.07, 6.45) is -0.451. The predicted octanol–water partition coefficient (Wildman–Crippen LogP) is -3.73. The Kier molecular flexibility index (Phi) is 7.15. The number of nitrogens with zero attached hydrogens (tertiary/aromatic N) is 3. The van der Waals surface area contributed by atoms with Crippen molar-refractivity contribution in [3.63, 3.8) is 0 Å². The maximum absolute atomic E-state index is 11.6. The lowest BCUT2D eigenvalue weighted by Crippen LogP contribution is -2.22. The Morgan fingerprint density at radius 2 is 1.86 bits per heavy atom. The Morgan fingerprint density at radius 1 is 1.21 bits per heavy atom. The first-order valence-corrected chi connectivity index (χ1v) is 11.7. The number of aromatic nitrogens is 4. The van der Waals surface area contributed by atoms with Crippen LogP contribution in [0.3, 0.4) is 0 Å². The number of hydrogen-bond donors (Lipinski definition) is 3. The molecule has 0 fully saturated rings. The summed E-state index contributed by atoms with van der Waals surface area (Å²) in [5.41, 5.74) is 4.90. The van der Waals surface area contributed by atoms with Crippen LogP contribution in [0.5, 0.6) is 0 Å². The van der Waals surface area contributed by atoms with Crippen LogP contribution >= 0.6 is 23.5 Å². The van der Waals surface area contributed by atoms with Crippen molar-refractivity contribution in [1.82, 2.24) is 19.5 Å². The van der Waals surface area contributed by atoms with E-state index in [2.05, 4.69) is 28.1 Å². The van der Waals surface area contributed by atoms with E-state index in [0.717, 1.165) is 0 Å². The molecule has 0 saturated carbocycles. The number of hydrogen-bond acceptors (Lipinski definition) is 15. The molecule has 0 aliphatic carbocycles. The van der Waals surface area contributed by atoms with E-state index in [1.165, 1.54) is 10.9 Å². The van der Waals surface area contributed by atoms with E-state index in [0.29, 0.717) is 0 Å². The molecule has 2 heterocycles. The van der Waals surface area contributed by atoms with E-state index >= 15 is 0 Å². The molecular formula is C9H12N5O12P3-4. The Bertz CT molecular complexity index is 1080. The van der Waals surface area contributed by atoms with Crippen molar-refractivity contribution < 1.29 is 51.5 Å². The fourth-order valence-corrected chi connectivity index (χ4v) is 4.86. The number of phosphoric acid groups is 3. The van der Waals surface area contributed by atoms with Crippen LogP contribution in [0, 0.1) is 0 Å². The van der Waals surface area contributed by atoms with Gasteiger partial charge in [0.2, 0.25) is 5.95 Å². The molecule has 0 bridgehead atoms. The van der Waals surface area contributed by atoms with Crippen LogP contribution in [0.25, 0.3) is 11.2 Å². The number of aryl methyl sites for hydroxylation is 1. The molecule has 3 unspecified atom stereocenters. The maximum atomic E-state index is 11.6. The second-order valence-electron chi connectivity index (χ2n) is 5.30. The normalized spacial score (nSPS) is 17.7. The fraction of sp³-hybridized carbons (Fsp3) is 0.444. The van der Waals surface area contributed by atoms with Gasteiger partial charge in [0.25, 0.3) is 21.2 Å². The zero-order valence-corrected chi connectivity index (χ0v) is 16.7. The van der Waals surface area contributed by atoms with Crippen molar-refractivity contribution in [2.45, 2.75) is 19.1 Å². The topological polar surface area (TPSA) is 281 Å². The molecule has 17 nitrogen and oxygen atoms in total. The molecule has 2 rings (SSSR count). The molecule has 2 aromatic heterocycles. The molecule has 4 N–H and O–H groups in total. The highest BCUT2D eigenvalue weighted by atomic mass is 31.3. The molecule has 20 heteroatoms. The van der Waals surface area contributed by atoms with Crippen LogP contribution in [0.4, 0.5) is 5.95 Å².